The molecule has 2 unspecified atom stereocenters. The Bertz CT molecular complexity index is 208. The lowest BCUT2D eigenvalue weighted by atomic mass is 10.00. The zero-order chi connectivity index (χ0) is 10.7. The molecule has 0 aromatic heterocycles. The normalized spacial score (nSPS) is 21.6. The summed E-state index contributed by atoms with van der Waals surface area (Å²) in [5.41, 5.74) is 6.00. The summed E-state index contributed by atoms with van der Waals surface area (Å²) in [6, 6.07) is 0.221. The third-order valence-electron chi connectivity index (χ3n) is 3.11. The van der Waals surface area contributed by atoms with Crippen LogP contribution in [0.4, 0.5) is 4.79 Å². The summed E-state index contributed by atoms with van der Waals surface area (Å²) in [6.07, 6.45) is 1.07. The van der Waals surface area contributed by atoms with Gasteiger partial charge in [0.15, 0.2) is 0 Å². The Labute approximate surface area is 86.0 Å². The maximum atomic E-state index is 11.5. The van der Waals surface area contributed by atoms with Gasteiger partial charge in [-0.05, 0) is 5.92 Å². The molecule has 0 saturated carbocycles. The topological polar surface area (TPSA) is 49.6 Å². The minimum absolute atomic E-state index is 0.107. The van der Waals surface area contributed by atoms with Crippen molar-refractivity contribution in [1.82, 2.24) is 9.80 Å². The van der Waals surface area contributed by atoms with E-state index in [-0.39, 0.29) is 12.1 Å². The summed E-state index contributed by atoms with van der Waals surface area (Å²) in [7, 11) is 1.83. The van der Waals surface area contributed by atoms with Crippen LogP contribution in [0.25, 0.3) is 0 Å². The van der Waals surface area contributed by atoms with E-state index in [0.29, 0.717) is 12.5 Å². The van der Waals surface area contributed by atoms with Gasteiger partial charge in [0, 0.05) is 32.7 Å². The Morgan fingerprint density at radius 3 is 2.57 bits per heavy atom. The van der Waals surface area contributed by atoms with E-state index in [2.05, 4.69) is 13.8 Å². The molecule has 82 valence electrons. The van der Waals surface area contributed by atoms with E-state index >= 15 is 0 Å². The van der Waals surface area contributed by atoms with Gasteiger partial charge < -0.3 is 15.5 Å². The second-order valence-electron chi connectivity index (χ2n) is 4.20. The van der Waals surface area contributed by atoms with E-state index in [0.717, 1.165) is 19.5 Å². The van der Waals surface area contributed by atoms with E-state index in [9.17, 15) is 4.79 Å². The quantitative estimate of drug-likeness (QED) is 0.725. The van der Waals surface area contributed by atoms with Gasteiger partial charge in [-0.3, -0.25) is 0 Å². The van der Waals surface area contributed by atoms with Crippen molar-refractivity contribution >= 4 is 6.03 Å². The first kappa shape index (κ1) is 11.3. The largest absolute Gasteiger partial charge is 0.326 e. The molecule has 0 aromatic rings. The number of carbonyl (C=O) groups is 1. The van der Waals surface area contributed by atoms with Crippen LogP contribution in [0.2, 0.25) is 0 Å². The van der Waals surface area contributed by atoms with E-state index in [1.165, 1.54) is 0 Å². The molecule has 1 rings (SSSR count). The predicted octanol–water partition coefficient (Wildman–Crippen LogP) is 0.727. The van der Waals surface area contributed by atoms with Crippen LogP contribution >= 0.6 is 0 Å². The van der Waals surface area contributed by atoms with Crippen LogP contribution in [0, 0.1) is 5.92 Å². The van der Waals surface area contributed by atoms with Gasteiger partial charge in [-0.15, -0.1) is 0 Å². The third kappa shape index (κ3) is 2.38. The van der Waals surface area contributed by atoms with Crippen LogP contribution in [-0.2, 0) is 0 Å². The summed E-state index contributed by atoms with van der Waals surface area (Å²) in [5.74, 6) is 0.480. The van der Waals surface area contributed by atoms with Crippen molar-refractivity contribution in [3.05, 3.63) is 0 Å². The Morgan fingerprint density at radius 2 is 2.14 bits per heavy atom. The van der Waals surface area contributed by atoms with Crippen molar-refractivity contribution in [2.75, 3.05) is 26.7 Å². The molecular weight excluding hydrogens is 178 g/mol. The van der Waals surface area contributed by atoms with Gasteiger partial charge in [0.25, 0.3) is 0 Å². The summed E-state index contributed by atoms with van der Waals surface area (Å²) in [4.78, 5) is 15.1. The minimum Gasteiger partial charge on any atom is -0.326 e. The summed E-state index contributed by atoms with van der Waals surface area (Å²) >= 11 is 0. The van der Waals surface area contributed by atoms with E-state index in [4.69, 9.17) is 5.73 Å². The van der Waals surface area contributed by atoms with Gasteiger partial charge in [-0.25, -0.2) is 4.79 Å². The molecule has 4 heteroatoms. The Hall–Kier alpha value is -0.770. The van der Waals surface area contributed by atoms with Crippen LogP contribution in [-0.4, -0.2) is 48.6 Å². The van der Waals surface area contributed by atoms with Gasteiger partial charge >= 0.3 is 6.03 Å². The highest BCUT2D eigenvalue weighted by Gasteiger charge is 2.27. The molecule has 0 radical (unpaired) electrons. The number of hydrogen-bond acceptors (Lipinski definition) is 2. The van der Waals surface area contributed by atoms with Crippen LogP contribution in [0.1, 0.15) is 20.3 Å². The lowest BCUT2D eigenvalue weighted by molar-refractivity contribution is 0.192. The monoisotopic (exact) mass is 199 g/mol. The second kappa shape index (κ2) is 4.64. The molecule has 2 amide bonds. The summed E-state index contributed by atoms with van der Waals surface area (Å²) < 4.78 is 0. The molecule has 1 saturated heterocycles. The smallest absolute Gasteiger partial charge is 0.319 e. The number of likely N-dealkylation sites (N-methyl/N-ethyl adjacent to an activating group) is 1. The van der Waals surface area contributed by atoms with Crippen molar-refractivity contribution in [2.45, 2.75) is 26.3 Å². The molecule has 0 spiro atoms. The number of nitrogens with two attached hydrogens (primary N) is 1. The van der Waals surface area contributed by atoms with Crippen molar-refractivity contribution in [3.8, 4) is 0 Å². The first-order chi connectivity index (χ1) is 6.56. The summed E-state index contributed by atoms with van der Waals surface area (Å²) in [5, 5.41) is 0. The number of urea groups is 1. The molecular formula is C10H21N3O. The highest BCUT2D eigenvalue weighted by Crippen LogP contribution is 2.11. The summed E-state index contributed by atoms with van der Waals surface area (Å²) in [6.45, 7) is 6.60. The Kier molecular flexibility index (Phi) is 3.75. The number of rotatable bonds is 4. The van der Waals surface area contributed by atoms with Crippen molar-refractivity contribution in [1.29, 1.82) is 0 Å². The van der Waals surface area contributed by atoms with E-state index < -0.39 is 0 Å². The SMILES string of the molecule is CCC(C)C(N)CN1CCN(C)C1=O. The average Bonchev–Trinajstić information content (AvgIpc) is 2.48. The van der Waals surface area contributed by atoms with E-state index in [1.807, 2.05) is 11.9 Å². The predicted molar refractivity (Wildman–Crippen MR) is 57.0 cm³/mol. The zero-order valence-corrected chi connectivity index (χ0v) is 9.36. The molecule has 0 aromatic carbocycles. The van der Waals surface area contributed by atoms with Crippen LogP contribution in [0.15, 0.2) is 0 Å². The average molecular weight is 199 g/mol. The highest BCUT2D eigenvalue weighted by molar-refractivity contribution is 5.76. The van der Waals surface area contributed by atoms with Crippen molar-refractivity contribution in [2.24, 2.45) is 11.7 Å². The fraction of sp³-hybridized carbons (Fsp3) is 0.900. The molecule has 4 nitrogen and oxygen atoms in total. The standard InChI is InChI=1S/C10H21N3O/c1-4-8(2)9(11)7-13-6-5-12(3)10(13)14/h8-9H,4-7,11H2,1-3H3. The van der Waals surface area contributed by atoms with Gasteiger partial charge in [-0.2, -0.15) is 0 Å². The number of amides is 2. The maximum Gasteiger partial charge on any atom is 0.319 e. The van der Waals surface area contributed by atoms with Gasteiger partial charge in [0.1, 0.15) is 0 Å². The third-order valence-corrected chi connectivity index (χ3v) is 3.11. The van der Waals surface area contributed by atoms with Gasteiger partial charge in [0.05, 0.1) is 0 Å². The van der Waals surface area contributed by atoms with Gasteiger partial charge in [-0.1, -0.05) is 20.3 Å². The number of hydrogen-bond donors (Lipinski definition) is 1. The molecule has 1 heterocycles. The second-order valence-corrected chi connectivity index (χ2v) is 4.20. The first-order valence-electron chi connectivity index (χ1n) is 5.31. The molecule has 1 aliphatic rings. The fourth-order valence-corrected chi connectivity index (χ4v) is 1.61. The molecule has 0 aliphatic carbocycles. The lowest BCUT2D eigenvalue weighted by Gasteiger charge is -2.24. The Balaban J connectivity index is 2.41. The molecule has 14 heavy (non-hydrogen) atoms. The maximum absolute atomic E-state index is 11.5. The molecule has 2 atom stereocenters. The molecule has 2 N–H and O–H groups in total. The molecule has 0 bridgehead atoms. The highest BCUT2D eigenvalue weighted by atomic mass is 16.2. The fourth-order valence-electron chi connectivity index (χ4n) is 1.61. The van der Waals surface area contributed by atoms with Crippen LogP contribution in [0.3, 0.4) is 0 Å². The van der Waals surface area contributed by atoms with Crippen molar-refractivity contribution in [3.63, 3.8) is 0 Å². The first-order valence-corrected chi connectivity index (χ1v) is 5.31. The molecule has 1 fully saturated rings. The Morgan fingerprint density at radius 1 is 1.50 bits per heavy atom. The zero-order valence-electron chi connectivity index (χ0n) is 9.36. The van der Waals surface area contributed by atoms with E-state index in [1.54, 1.807) is 4.90 Å². The number of nitrogens with zero attached hydrogens (tertiary/aromatic N) is 2. The van der Waals surface area contributed by atoms with Gasteiger partial charge in [0.2, 0.25) is 0 Å². The van der Waals surface area contributed by atoms with Crippen LogP contribution in [0.5, 0.6) is 0 Å². The molecule has 1 aliphatic heterocycles. The minimum atomic E-state index is 0.107. The van der Waals surface area contributed by atoms with Crippen molar-refractivity contribution < 1.29 is 4.79 Å². The number of carbonyl (C=O) groups excluding carboxylic acids is 1. The lowest BCUT2D eigenvalue weighted by Crippen LogP contribution is -2.42. The van der Waals surface area contributed by atoms with Crippen LogP contribution < -0.4 is 5.73 Å².